The Bertz CT molecular complexity index is 377. The molecule has 0 spiro atoms. The van der Waals surface area contributed by atoms with E-state index in [-0.39, 0.29) is 23.2 Å². The molecule has 0 fully saturated rings. The number of ether oxygens (including phenoxy) is 1. The van der Waals surface area contributed by atoms with Gasteiger partial charge in [-0.25, -0.2) is 0 Å². The van der Waals surface area contributed by atoms with Gasteiger partial charge in [0.1, 0.15) is 5.75 Å². The van der Waals surface area contributed by atoms with Gasteiger partial charge < -0.3 is 9.84 Å². The molecule has 0 aliphatic carbocycles. The van der Waals surface area contributed by atoms with E-state index in [4.69, 9.17) is 9.84 Å². The molecule has 0 unspecified atom stereocenters. The van der Waals surface area contributed by atoms with Gasteiger partial charge in [-0.05, 0) is 40.0 Å². The second-order valence-corrected chi connectivity index (χ2v) is 3.98. The number of rotatable bonds is 3. The average Bonchev–Trinajstić information content (AvgIpc) is 2.16. The Hall–Kier alpha value is -0.750. The molecule has 1 aromatic carbocycles. The molecule has 1 N–H and O–H groups in total. The Balaban J connectivity index is 3.31. The Morgan fingerprint density at radius 2 is 2.00 bits per heavy atom. The minimum atomic E-state index is -4.47. The first kappa shape index (κ1) is 13.3. The van der Waals surface area contributed by atoms with Gasteiger partial charge in [0.2, 0.25) is 0 Å². The molecular formula is C10H10BrF3O2. The fourth-order valence-electron chi connectivity index (χ4n) is 1.34. The maximum atomic E-state index is 12.7. The lowest BCUT2D eigenvalue weighted by Crippen LogP contribution is -2.09. The second-order valence-electron chi connectivity index (χ2n) is 3.13. The molecule has 16 heavy (non-hydrogen) atoms. The number of halogens is 4. The lowest BCUT2D eigenvalue weighted by atomic mass is 10.1. The third-order valence-electron chi connectivity index (χ3n) is 2.01. The summed E-state index contributed by atoms with van der Waals surface area (Å²) in [7, 11) is 1.18. The predicted octanol–water partition coefficient (Wildman–Crippen LogP) is 3.01. The molecule has 0 aromatic heterocycles. The molecule has 6 heteroatoms. The highest BCUT2D eigenvalue weighted by Crippen LogP contribution is 2.41. The van der Waals surface area contributed by atoms with E-state index in [0.717, 1.165) is 6.07 Å². The van der Waals surface area contributed by atoms with Gasteiger partial charge in [-0.1, -0.05) is 0 Å². The van der Waals surface area contributed by atoms with E-state index in [1.807, 2.05) is 0 Å². The first-order valence-corrected chi connectivity index (χ1v) is 5.24. The van der Waals surface area contributed by atoms with Crippen LogP contribution in [-0.4, -0.2) is 18.8 Å². The fraction of sp³-hybridized carbons (Fsp3) is 0.400. The maximum Gasteiger partial charge on any atom is 0.420 e. The Morgan fingerprint density at radius 1 is 1.38 bits per heavy atom. The van der Waals surface area contributed by atoms with E-state index in [9.17, 15) is 13.2 Å². The number of hydrogen-bond donors (Lipinski definition) is 1. The van der Waals surface area contributed by atoms with Gasteiger partial charge in [0.15, 0.2) is 0 Å². The van der Waals surface area contributed by atoms with Crippen molar-refractivity contribution < 1.29 is 23.0 Å². The number of methoxy groups -OCH3 is 1. The van der Waals surface area contributed by atoms with Crippen LogP contribution in [0, 0.1) is 0 Å². The standard InChI is InChI=1S/C10H10BrF3O2/c1-16-9-7(10(12,13)14)4-6(2-3-15)5-8(9)11/h4-5,15H,2-3H2,1H3. The van der Waals surface area contributed by atoms with Crippen LogP contribution in [0.1, 0.15) is 11.1 Å². The summed E-state index contributed by atoms with van der Waals surface area (Å²) < 4.78 is 43.0. The summed E-state index contributed by atoms with van der Waals surface area (Å²) in [6.45, 7) is -0.198. The van der Waals surface area contributed by atoms with E-state index in [1.54, 1.807) is 0 Å². The Labute approximate surface area is 99.2 Å². The van der Waals surface area contributed by atoms with Crippen LogP contribution in [0.15, 0.2) is 16.6 Å². The SMILES string of the molecule is COc1c(Br)cc(CCO)cc1C(F)(F)F. The molecule has 0 amide bonds. The molecule has 0 aliphatic heterocycles. The topological polar surface area (TPSA) is 29.5 Å². The van der Waals surface area contributed by atoms with Gasteiger partial charge in [0.25, 0.3) is 0 Å². The maximum absolute atomic E-state index is 12.7. The van der Waals surface area contributed by atoms with Crippen LogP contribution in [0.3, 0.4) is 0 Å². The fourth-order valence-corrected chi connectivity index (χ4v) is 2.01. The number of alkyl halides is 3. The summed E-state index contributed by atoms with van der Waals surface area (Å²) in [5, 5.41) is 8.70. The molecule has 0 heterocycles. The molecule has 0 saturated heterocycles. The predicted molar refractivity (Wildman–Crippen MR) is 56.5 cm³/mol. The van der Waals surface area contributed by atoms with Gasteiger partial charge in [0.05, 0.1) is 17.1 Å². The van der Waals surface area contributed by atoms with E-state index in [2.05, 4.69) is 15.9 Å². The molecule has 1 rings (SSSR count). The van der Waals surface area contributed by atoms with Crippen molar-refractivity contribution in [3.8, 4) is 5.75 Å². The van der Waals surface area contributed by atoms with Crippen LogP contribution in [0.2, 0.25) is 0 Å². The first-order chi connectivity index (χ1) is 7.40. The quantitative estimate of drug-likeness (QED) is 0.929. The van der Waals surface area contributed by atoms with Gasteiger partial charge in [-0.2, -0.15) is 13.2 Å². The van der Waals surface area contributed by atoms with E-state index >= 15 is 0 Å². The number of aliphatic hydroxyl groups is 1. The second kappa shape index (κ2) is 5.05. The smallest absolute Gasteiger partial charge is 0.420 e. The van der Waals surface area contributed by atoms with Crippen LogP contribution in [0.4, 0.5) is 13.2 Å². The summed E-state index contributed by atoms with van der Waals surface area (Å²) in [6, 6.07) is 2.49. The molecule has 1 aromatic rings. The highest BCUT2D eigenvalue weighted by molar-refractivity contribution is 9.10. The van der Waals surface area contributed by atoms with Gasteiger partial charge in [-0.3, -0.25) is 0 Å². The normalized spacial score (nSPS) is 11.6. The van der Waals surface area contributed by atoms with Crippen LogP contribution in [0.5, 0.6) is 5.75 Å². The van der Waals surface area contributed by atoms with E-state index in [1.165, 1.54) is 13.2 Å². The third kappa shape index (κ3) is 2.89. The zero-order valence-corrected chi connectivity index (χ0v) is 10.0. The lowest BCUT2D eigenvalue weighted by Gasteiger charge is -2.15. The van der Waals surface area contributed by atoms with Gasteiger partial charge >= 0.3 is 6.18 Å². The summed E-state index contributed by atoms with van der Waals surface area (Å²) in [6.07, 6.45) is -4.30. The first-order valence-electron chi connectivity index (χ1n) is 4.44. The summed E-state index contributed by atoms with van der Waals surface area (Å²) in [4.78, 5) is 0. The highest BCUT2D eigenvalue weighted by atomic mass is 79.9. The average molecular weight is 299 g/mol. The molecular weight excluding hydrogens is 289 g/mol. The van der Waals surface area contributed by atoms with Gasteiger partial charge in [0, 0.05) is 6.61 Å². The highest BCUT2D eigenvalue weighted by Gasteiger charge is 2.35. The number of benzene rings is 1. The van der Waals surface area contributed by atoms with Crippen molar-refractivity contribution in [1.82, 2.24) is 0 Å². The molecule has 0 bridgehead atoms. The van der Waals surface area contributed by atoms with Crippen molar-refractivity contribution in [1.29, 1.82) is 0 Å². The minimum Gasteiger partial charge on any atom is -0.495 e. The minimum absolute atomic E-state index is 0.172. The molecule has 0 saturated carbocycles. The molecule has 0 aliphatic rings. The third-order valence-corrected chi connectivity index (χ3v) is 2.60. The monoisotopic (exact) mass is 298 g/mol. The summed E-state index contributed by atoms with van der Waals surface area (Å²) >= 11 is 3.01. The van der Waals surface area contributed by atoms with Gasteiger partial charge in [-0.15, -0.1) is 0 Å². The van der Waals surface area contributed by atoms with Crippen LogP contribution in [-0.2, 0) is 12.6 Å². The van der Waals surface area contributed by atoms with Crippen molar-refractivity contribution in [3.05, 3.63) is 27.7 Å². The molecule has 0 radical (unpaired) electrons. The molecule has 0 atom stereocenters. The number of hydrogen-bond acceptors (Lipinski definition) is 2. The summed E-state index contributed by atoms with van der Waals surface area (Å²) in [5.41, 5.74) is -0.435. The van der Waals surface area contributed by atoms with Crippen LogP contribution in [0.25, 0.3) is 0 Å². The largest absolute Gasteiger partial charge is 0.495 e. The summed E-state index contributed by atoms with van der Waals surface area (Å²) in [5.74, 6) is -0.241. The zero-order chi connectivity index (χ0) is 12.3. The molecule has 2 nitrogen and oxygen atoms in total. The lowest BCUT2D eigenvalue weighted by molar-refractivity contribution is -0.138. The van der Waals surface area contributed by atoms with Crippen LogP contribution < -0.4 is 4.74 Å². The van der Waals surface area contributed by atoms with Crippen molar-refractivity contribution in [3.63, 3.8) is 0 Å². The van der Waals surface area contributed by atoms with Crippen LogP contribution >= 0.6 is 15.9 Å². The van der Waals surface area contributed by atoms with Crippen molar-refractivity contribution in [2.24, 2.45) is 0 Å². The van der Waals surface area contributed by atoms with E-state index in [0.29, 0.717) is 5.56 Å². The van der Waals surface area contributed by atoms with Crippen molar-refractivity contribution in [2.45, 2.75) is 12.6 Å². The zero-order valence-electron chi connectivity index (χ0n) is 8.44. The van der Waals surface area contributed by atoms with Crippen molar-refractivity contribution >= 4 is 15.9 Å². The Kier molecular flexibility index (Phi) is 4.21. The molecule has 90 valence electrons. The van der Waals surface area contributed by atoms with Crippen molar-refractivity contribution in [2.75, 3.05) is 13.7 Å². The number of aliphatic hydroxyl groups excluding tert-OH is 1. The van der Waals surface area contributed by atoms with E-state index < -0.39 is 11.7 Å². The Morgan fingerprint density at radius 3 is 2.44 bits per heavy atom.